The third-order valence-electron chi connectivity index (χ3n) is 3.46. The van der Waals surface area contributed by atoms with E-state index < -0.39 is 4.92 Å². The number of benzene rings is 1. The Kier molecular flexibility index (Phi) is 3.95. The molecule has 6 nitrogen and oxygen atoms in total. The highest BCUT2D eigenvalue weighted by Crippen LogP contribution is 2.30. The molecule has 21 heavy (non-hydrogen) atoms. The van der Waals surface area contributed by atoms with Crippen LogP contribution in [0.2, 0.25) is 0 Å². The molecule has 0 amide bonds. The van der Waals surface area contributed by atoms with Gasteiger partial charge in [0.2, 0.25) is 0 Å². The number of hydrogen-bond acceptors (Lipinski definition) is 5. The Morgan fingerprint density at radius 1 is 1.29 bits per heavy atom. The molecule has 0 spiro atoms. The molecule has 1 aromatic carbocycles. The zero-order valence-corrected chi connectivity index (χ0v) is 13.0. The van der Waals surface area contributed by atoms with Gasteiger partial charge in [-0.2, -0.15) is 0 Å². The van der Waals surface area contributed by atoms with Gasteiger partial charge in [0.25, 0.3) is 5.69 Å². The molecule has 0 saturated carbocycles. The minimum Gasteiger partial charge on any atom is -0.393 e. The third-order valence-corrected chi connectivity index (χ3v) is 3.46. The Hall–Kier alpha value is -1.66. The summed E-state index contributed by atoms with van der Waals surface area (Å²) in [7, 11) is 0. The molecule has 0 radical (unpaired) electrons. The van der Waals surface area contributed by atoms with Gasteiger partial charge in [-0.25, -0.2) is 0 Å². The van der Waals surface area contributed by atoms with Crippen LogP contribution in [-0.4, -0.2) is 34.1 Å². The summed E-state index contributed by atoms with van der Waals surface area (Å²) >= 11 is 0. The first-order valence-electron chi connectivity index (χ1n) is 7.03. The van der Waals surface area contributed by atoms with Crippen LogP contribution < -0.4 is 5.73 Å². The van der Waals surface area contributed by atoms with Crippen molar-refractivity contribution in [1.82, 2.24) is 4.90 Å². The van der Waals surface area contributed by atoms with E-state index >= 15 is 0 Å². The van der Waals surface area contributed by atoms with Crippen molar-refractivity contribution in [3.63, 3.8) is 0 Å². The van der Waals surface area contributed by atoms with Crippen molar-refractivity contribution in [2.24, 2.45) is 0 Å². The molecular formula is C15H23N3O3. The quantitative estimate of drug-likeness (QED) is 0.526. The van der Waals surface area contributed by atoms with E-state index in [2.05, 4.69) is 32.6 Å². The lowest BCUT2D eigenvalue weighted by molar-refractivity contribution is -0.384. The average molecular weight is 293 g/mol. The molecule has 0 bridgehead atoms. The number of rotatable bonds is 3. The second-order valence-corrected chi connectivity index (χ2v) is 6.92. The highest BCUT2D eigenvalue weighted by atomic mass is 16.6. The third kappa shape index (κ3) is 3.92. The van der Waals surface area contributed by atoms with Gasteiger partial charge < -0.3 is 10.5 Å². The molecule has 6 heteroatoms. The van der Waals surface area contributed by atoms with E-state index in [1.54, 1.807) is 12.1 Å². The van der Waals surface area contributed by atoms with Crippen molar-refractivity contribution in [1.29, 1.82) is 0 Å². The molecule has 1 fully saturated rings. The summed E-state index contributed by atoms with van der Waals surface area (Å²) in [4.78, 5) is 12.8. The molecule has 116 valence electrons. The molecular weight excluding hydrogens is 270 g/mol. The summed E-state index contributed by atoms with van der Waals surface area (Å²) in [6.45, 7) is 10.5. The number of anilines is 1. The van der Waals surface area contributed by atoms with Crippen LogP contribution in [0.5, 0.6) is 0 Å². The van der Waals surface area contributed by atoms with Gasteiger partial charge in [-0.1, -0.05) is 6.07 Å². The molecule has 1 aliphatic rings. The Morgan fingerprint density at radius 3 is 2.38 bits per heavy atom. The number of morpholine rings is 1. The fourth-order valence-electron chi connectivity index (χ4n) is 3.16. The Bertz CT molecular complexity index is 539. The van der Waals surface area contributed by atoms with Crippen LogP contribution in [-0.2, 0) is 11.3 Å². The van der Waals surface area contributed by atoms with Crippen molar-refractivity contribution in [2.75, 3.05) is 18.8 Å². The molecule has 2 N–H and O–H groups in total. The number of ether oxygens (including phenoxy) is 1. The van der Waals surface area contributed by atoms with Gasteiger partial charge in [-0.05, 0) is 39.3 Å². The van der Waals surface area contributed by atoms with E-state index in [1.165, 1.54) is 0 Å². The minimum atomic E-state index is -0.438. The summed E-state index contributed by atoms with van der Waals surface area (Å²) < 4.78 is 6.04. The lowest BCUT2D eigenvalue weighted by Gasteiger charge is -2.47. The second kappa shape index (κ2) is 5.27. The predicted molar refractivity (Wildman–Crippen MR) is 82.0 cm³/mol. The highest BCUT2D eigenvalue weighted by molar-refractivity contribution is 5.59. The molecule has 2 rings (SSSR count). The maximum Gasteiger partial charge on any atom is 0.292 e. The van der Waals surface area contributed by atoms with Crippen LogP contribution in [0.4, 0.5) is 11.4 Å². The number of nitro groups is 1. The van der Waals surface area contributed by atoms with E-state index in [0.29, 0.717) is 6.54 Å². The highest BCUT2D eigenvalue weighted by Gasteiger charge is 2.38. The second-order valence-electron chi connectivity index (χ2n) is 6.92. The van der Waals surface area contributed by atoms with Crippen LogP contribution in [0.15, 0.2) is 18.2 Å². The van der Waals surface area contributed by atoms with Crippen LogP contribution >= 0.6 is 0 Å². The van der Waals surface area contributed by atoms with Gasteiger partial charge in [0.05, 0.1) is 16.1 Å². The topological polar surface area (TPSA) is 81.6 Å². The van der Waals surface area contributed by atoms with E-state index in [9.17, 15) is 10.1 Å². The Balaban J connectivity index is 2.18. The monoisotopic (exact) mass is 293 g/mol. The standard InChI is InChI=1S/C15H23N3O3/c1-14(2)9-17(10-15(3,4)21-14)8-11-5-6-12(16)13(7-11)18(19)20/h5-7H,8-10,16H2,1-4H3. The maximum absolute atomic E-state index is 11.0. The van der Waals surface area contributed by atoms with Crippen LogP contribution in [0.3, 0.4) is 0 Å². The van der Waals surface area contributed by atoms with Crippen LogP contribution in [0, 0.1) is 10.1 Å². The largest absolute Gasteiger partial charge is 0.393 e. The molecule has 1 saturated heterocycles. The molecule has 0 aliphatic carbocycles. The van der Waals surface area contributed by atoms with Gasteiger partial charge in [0.1, 0.15) is 5.69 Å². The van der Waals surface area contributed by atoms with Crippen LogP contribution in [0.25, 0.3) is 0 Å². The zero-order chi connectivity index (χ0) is 15.8. The molecule has 0 unspecified atom stereocenters. The molecule has 1 aliphatic heterocycles. The summed E-state index contributed by atoms with van der Waals surface area (Å²) in [5, 5.41) is 11.0. The number of nitrogens with two attached hydrogens (primary N) is 1. The summed E-state index contributed by atoms with van der Waals surface area (Å²) in [6, 6.07) is 5.01. The van der Waals surface area contributed by atoms with Crippen molar-refractivity contribution < 1.29 is 9.66 Å². The molecule has 1 heterocycles. The van der Waals surface area contributed by atoms with E-state index in [4.69, 9.17) is 10.5 Å². The first-order chi connectivity index (χ1) is 9.58. The SMILES string of the molecule is CC1(C)CN(Cc2ccc(N)c([N+](=O)[O-])c2)CC(C)(C)O1. The minimum absolute atomic E-state index is 0.0284. The lowest BCUT2D eigenvalue weighted by atomic mass is 9.98. The van der Waals surface area contributed by atoms with Crippen LogP contribution in [0.1, 0.15) is 33.3 Å². The van der Waals surface area contributed by atoms with Gasteiger partial charge in [-0.3, -0.25) is 15.0 Å². The van der Waals surface area contributed by atoms with E-state index in [1.807, 2.05) is 6.07 Å². The van der Waals surface area contributed by atoms with E-state index in [0.717, 1.165) is 18.7 Å². The fraction of sp³-hybridized carbons (Fsp3) is 0.600. The number of hydrogen-bond donors (Lipinski definition) is 1. The summed E-state index contributed by atoms with van der Waals surface area (Å²) in [5.41, 5.74) is 6.23. The fourth-order valence-corrected chi connectivity index (χ4v) is 3.16. The predicted octanol–water partition coefficient (Wildman–Crippen LogP) is 2.57. The van der Waals surface area contributed by atoms with Crippen molar-refractivity contribution in [2.45, 2.75) is 45.4 Å². The van der Waals surface area contributed by atoms with Gasteiger partial charge in [0, 0.05) is 25.7 Å². The van der Waals surface area contributed by atoms with Crippen molar-refractivity contribution in [3.05, 3.63) is 33.9 Å². The van der Waals surface area contributed by atoms with E-state index in [-0.39, 0.29) is 22.6 Å². The summed E-state index contributed by atoms with van der Waals surface area (Å²) in [5.74, 6) is 0. The normalized spacial score (nSPS) is 21.1. The first kappa shape index (κ1) is 15.7. The van der Waals surface area contributed by atoms with Gasteiger partial charge >= 0.3 is 0 Å². The maximum atomic E-state index is 11.0. The van der Waals surface area contributed by atoms with Crippen molar-refractivity contribution >= 4 is 11.4 Å². The first-order valence-corrected chi connectivity index (χ1v) is 7.03. The molecule has 0 aromatic heterocycles. The number of nitrogen functional groups attached to an aromatic ring is 1. The number of nitro benzene ring substituents is 1. The average Bonchev–Trinajstić information content (AvgIpc) is 2.27. The molecule has 1 aromatic rings. The lowest BCUT2D eigenvalue weighted by Crippen LogP contribution is -2.56. The summed E-state index contributed by atoms with van der Waals surface area (Å²) in [6.07, 6.45) is 0. The zero-order valence-electron chi connectivity index (χ0n) is 13.0. The molecule has 0 atom stereocenters. The number of nitrogens with zero attached hydrogens (tertiary/aromatic N) is 2. The van der Waals surface area contributed by atoms with Gasteiger partial charge in [-0.15, -0.1) is 0 Å². The Labute approximate surface area is 125 Å². The Morgan fingerprint density at radius 2 is 1.86 bits per heavy atom. The van der Waals surface area contributed by atoms with Gasteiger partial charge in [0.15, 0.2) is 0 Å². The van der Waals surface area contributed by atoms with Crippen molar-refractivity contribution in [3.8, 4) is 0 Å². The smallest absolute Gasteiger partial charge is 0.292 e.